The molecule has 5 atom stereocenters. The highest BCUT2D eigenvalue weighted by Gasteiger charge is 2.36. The Labute approximate surface area is 350 Å². The van der Waals surface area contributed by atoms with E-state index in [9.17, 15) is 38.7 Å². The van der Waals surface area contributed by atoms with Crippen LogP contribution in [0.2, 0.25) is 0 Å². The topological polar surface area (TPSA) is 311 Å². The number of hydroxylamine groups is 1. The summed E-state index contributed by atoms with van der Waals surface area (Å²) in [6, 6.07) is 11.2. The van der Waals surface area contributed by atoms with Crippen molar-refractivity contribution in [3.63, 3.8) is 0 Å². The maximum atomic E-state index is 14.1. The van der Waals surface area contributed by atoms with E-state index in [1.165, 1.54) is 5.48 Å². The molecule has 0 heterocycles. The zero-order chi connectivity index (χ0) is 44.6. The van der Waals surface area contributed by atoms with Crippen molar-refractivity contribution in [1.82, 2.24) is 26.7 Å². The van der Waals surface area contributed by atoms with Crippen LogP contribution in [0.4, 0.5) is 0 Å². The first-order valence-corrected chi connectivity index (χ1v) is 19.8. The van der Waals surface area contributed by atoms with Gasteiger partial charge in [0.15, 0.2) is 11.7 Å². The molecular weight excluding hydrogens is 775 g/mol. The minimum Gasteiger partial charge on any atom is -0.382 e. The van der Waals surface area contributed by atoms with Gasteiger partial charge in [0, 0.05) is 43.5 Å². The van der Waals surface area contributed by atoms with Crippen LogP contribution < -0.4 is 43.9 Å². The van der Waals surface area contributed by atoms with Gasteiger partial charge in [0.2, 0.25) is 29.5 Å². The van der Waals surface area contributed by atoms with Gasteiger partial charge >= 0.3 is 0 Å². The number of hydrogen-bond donors (Lipinski definition) is 10. The van der Waals surface area contributed by atoms with E-state index in [1.807, 2.05) is 0 Å². The summed E-state index contributed by atoms with van der Waals surface area (Å²) in [7, 11) is 0. The van der Waals surface area contributed by atoms with Crippen LogP contribution in [0.25, 0.3) is 0 Å². The summed E-state index contributed by atoms with van der Waals surface area (Å²) >= 11 is 0. The molecule has 6 amide bonds. The largest absolute Gasteiger partial charge is 0.382 e. The van der Waals surface area contributed by atoms with Gasteiger partial charge in [0.25, 0.3) is 5.91 Å². The number of ketones is 1. The van der Waals surface area contributed by atoms with E-state index >= 15 is 0 Å². The fourth-order valence-electron chi connectivity index (χ4n) is 6.15. The molecule has 13 N–H and O–H groups in total. The lowest BCUT2D eigenvalue weighted by Crippen LogP contribution is -2.58. The number of nitrogens with zero attached hydrogens (tertiary/aromatic N) is 1. The van der Waals surface area contributed by atoms with Crippen LogP contribution >= 0.6 is 0 Å². The first kappa shape index (κ1) is 49.8. The lowest BCUT2D eigenvalue weighted by molar-refractivity contribution is -0.147. The smallest absolute Gasteiger partial charge is 0.272 e. The van der Waals surface area contributed by atoms with Gasteiger partial charge in [-0.2, -0.15) is 0 Å². The minimum atomic E-state index is -1.96. The van der Waals surface area contributed by atoms with Gasteiger partial charge in [-0.25, -0.2) is 5.48 Å². The number of carbonyl (C=O) groups excluding carboxylic acids is 7. The molecule has 0 radical (unpaired) electrons. The molecular formula is C42H59N9O9. The lowest BCUT2D eigenvalue weighted by atomic mass is 9.90. The number of carbonyl (C=O) groups is 7. The van der Waals surface area contributed by atoms with E-state index in [0.29, 0.717) is 48.9 Å². The molecule has 0 spiro atoms. The molecule has 0 aliphatic rings. The molecule has 0 fully saturated rings. The number of benzene rings is 2. The van der Waals surface area contributed by atoms with E-state index in [4.69, 9.17) is 28.8 Å². The molecule has 2 rings (SSSR count). The molecule has 0 aromatic heterocycles. The van der Waals surface area contributed by atoms with E-state index in [0.717, 1.165) is 0 Å². The molecule has 60 heavy (non-hydrogen) atoms. The van der Waals surface area contributed by atoms with Crippen LogP contribution in [0, 0.1) is 24.2 Å². The number of rotatable bonds is 27. The molecule has 0 saturated heterocycles. The van der Waals surface area contributed by atoms with Crippen molar-refractivity contribution in [3.8, 4) is 12.3 Å². The van der Waals surface area contributed by atoms with Crippen LogP contribution in [0.15, 0.2) is 59.6 Å². The van der Waals surface area contributed by atoms with Crippen molar-refractivity contribution in [1.29, 1.82) is 0 Å². The Morgan fingerprint density at radius 2 is 1.35 bits per heavy atom. The molecule has 0 saturated carbocycles. The normalized spacial score (nSPS) is 13.3. The molecule has 18 nitrogen and oxygen atoms in total. The van der Waals surface area contributed by atoms with Crippen molar-refractivity contribution < 1.29 is 43.9 Å². The van der Waals surface area contributed by atoms with Gasteiger partial charge < -0.3 is 43.6 Å². The molecule has 326 valence electrons. The number of nitrogens with two attached hydrogens (primary N) is 3. The Bertz CT molecular complexity index is 1810. The number of aliphatic imine (C=N–C) groups is 1. The second kappa shape index (κ2) is 26.6. The maximum Gasteiger partial charge on any atom is 0.272 e. The Kier molecular flexibility index (Phi) is 22.1. The standard InChI is InChI=1S/C42H59N9O9/c1-4-5-7-17-34(52)46-22-11-10-15-31(37(43)55)48-40(58)33(25-27-18-20-29(21-19-27)35(53)28-13-8-6-9-14-28)50-39(57)32(16-12-23-47-42(44)45)49-38(56)30(24-26(2)3)36(54)41(59)51-60/h1,6,8-9,13-14,18-21,26,30-33,36,54,60H,5,7,10-12,15-17,22-25H2,2-3H3,(H2,43,55)(H,46,52)(H,48,58)(H,49,56)(H,50,57)(H,51,59)(H4,44,45,47)/t30-,31?,32-,33-,36-/m0/s1. The predicted molar refractivity (Wildman–Crippen MR) is 223 cm³/mol. The Morgan fingerprint density at radius 1 is 0.750 bits per heavy atom. The average molecular weight is 834 g/mol. The highest BCUT2D eigenvalue weighted by molar-refractivity contribution is 6.09. The van der Waals surface area contributed by atoms with Gasteiger partial charge in [-0.1, -0.05) is 68.4 Å². The summed E-state index contributed by atoms with van der Waals surface area (Å²) in [5, 5.41) is 30.4. The second-order valence-corrected chi connectivity index (χ2v) is 14.7. The van der Waals surface area contributed by atoms with Crippen LogP contribution in [-0.4, -0.2) is 94.8 Å². The number of aliphatic hydroxyl groups excluding tert-OH is 1. The summed E-state index contributed by atoms with van der Waals surface area (Å²) in [5.41, 5.74) is 19.3. The fraction of sp³-hybridized carbons (Fsp3) is 0.476. The Balaban J connectivity index is 2.38. The zero-order valence-electron chi connectivity index (χ0n) is 34.2. The third kappa shape index (κ3) is 18.1. The second-order valence-electron chi connectivity index (χ2n) is 14.7. The van der Waals surface area contributed by atoms with Crippen LogP contribution in [-0.2, 0) is 35.2 Å². The number of amides is 6. The van der Waals surface area contributed by atoms with Gasteiger partial charge in [-0.05, 0) is 56.4 Å². The van der Waals surface area contributed by atoms with E-state index in [-0.39, 0.29) is 68.6 Å². The zero-order valence-corrected chi connectivity index (χ0v) is 34.2. The van der Waals surface area contributed by atoms with Crippen molar-refractivity contribution in [2.24, 2.45) is 34.0 Å². The van der Waals surface area contributed by atoms with Crippen LogP contribution in [0.3, 0.4) is 0 Å². The lowest BCUT2D eigenvalue weighted by Gasteiger charge is -2.27. The number of aliphatic hydroxyl groups is 1. The van der Waals surface area contributed by atoms with Crippen molar-refractivity contribution in [2.45, 2.75) is 102 Å². The quantitative estimate of drug-likeness (QED) is 0.0109. The van der Waals surface area contributed by atoms with Gasteiger partial charge in [0.1, 0.15) is 24.2 Å². The van der Waals surface area contributed by atoms with E-state index in [1.54, 1.807) is 68.4 Å². The molecule has 18 heteroatoms. The summed E-state index contributed by atoms with van der Waals surface area (Å²) in [5.74, 6) is -4.22. The molecule has 0 aliphatic carbocycles. The minimum absolute atomic E-state index is 0.00391. The summed E-state index contributed by atoms with van der Waals surface area (Å²) in [4.78, 5) is 95.3. The molecule has 0 aliphatic heterocycles. The van der Waals surface area contributed by atoms with Crippen molar-refractivity contribution in [3.05, 3.63) is 71.3 Å². The number of unbranched alkanes of at least 4 members (excludes halogenated alkanes) is 2. The highest BCUT2D eigenvalue weighted by Crippen LogP contribution is 2.18. The SMILES string of the molecule is C#CCCCC(=O)NCCCCC(NC(=O)[C@H](Cc1ccc(C(=O)c2ccccc2)cc1)NC(=O)[C@H](CCCN=C(N)N)NC(=O)[C@@H](CC(C)C)[C@H](O)C(=O)NO)C(N)=O. The van der Waals surface area contributed by atoms with Crippen molar-refractivity contribution >= 4 is 47.2 Å². The molecule has 0 bridgehead atoms. The van der Waals surface area contributed by atoms with Crippen molar-refractivity contribution in [2.75, 3.05) is 13.1 Å². The summed E-state index contributed by atoms with van der Waals surface area (Å²) < 4.78 is 0. The highest BCUT2D eigenvalue weighted by atomic mass is 16.5. The predicted octanol–water partition coefficient (Wildman–Crippen LogP) is 0.0720. The molecule has 2 aromatic carbocycles. The third-order valence-electron chi connectivity index (χ3n) is 9.35. The van der Waals surface area contributed by atoms with Gasteiger partial charge in [0.05, 0.1) is 5.92 Å². The van der Waals surface area contributed by atoms with Crippen LogP contribution in [0.1, 0.15) is 93.1 Å². The first-order valence-electron chi connectivity index (χ1n) is 19.8. The van der Waals surface area contributed by atoms with E-state index in [2.05, 4.69) is 32.2 Å². The Morgan fingerprint density at radius 3 is 1.95 bits per heavy atom. The average Bonchev–Trinajstić information content (AvgIpc) is 3.22. The molecule has 1 unspecified atom stereocenters. The summed E-state index contributed by atoms with van der Waals surface area (Å²) in [6.07, 6.45) is 5.58. The number of nitrogens with one attached hydrogen (secondary N) is 5. The summed E-state index contributed by atoms with van der Waals surface area (Å²) in [6.45, 7) is 3.89. The number of hydrogen-bond acceptors (Lipinski definition) is 10. The Hall–Kier alpha value is -6.32. The number of primary amides is 1. The number of guanidine groups is 1. The monoisotopic (exact) mass is 833 g/mol. The third-order valence-corrected chi connectivity index (χ3v) is 9.35. The fourth-order valence-corrected chi connectivity index (χ4v) is 6.15. The van der Waals surface area contributed by atoms with Gasteiger partial charge in [-0.3, -0.25) is 43.8 Å². The van der Waals surface area contributed by atoms with Crippen LogP contribution in [0.5, 0.6) is 0 Å². The van der Waals surface area contributed by atoms with Gasteiger partial charge in [-0.15, -0.1) is 12.3 Å². The molecule has 2 aromatic rings. The first-order chi connectivity index (χ1) is 28.6. The van der Waals surface area contributed by atoms with E-state index < -0.39 is 59.7 Å². The maximum absolute atomic E-state index is 14.1. The number of terminal acetylenes is 1.